The van der Waals surface area contributed by atoms with Crippen LogP contribution in [0, 0.1) is 19.8 Å². The normalized spacial score (nSPS) is 11.0. The van der Waals surface area contributed by atoms with E-state index in [4.69, 9.17) is 11.6 Å². The Labute approximate surface area is 129 Å². The Balaban J connectivity index is 2.27. The number of halogens is 1. The summed E-state index contributed by atoms with van der Waals surface area (Å²) in [5.41, 5.74) is 2.81. The molecule has 112 valence electrons. The van der Waals surface area contributed by atoms with E-state index in [0.717, 1.165) is 11.3 Å². The molecule has 1 N–H and O–H groups in total. The van der Waals surface area contributed by atoms with E-state index in [1.54, 1.807) is 4.68 Å². The van der Waals surface area contributed by atoms with E-state index in [1.165, 1.54) is 0 Å². The number of aryl methyl sites for hydroxylation is 1. The first-order valence-corrected chi connectivity index (χ1v) is 7.25. The van der Waals surface area contributed by atoms with Crippen molar-refractivity contribution in [3.8, 4) is 5.69 Å². The number of aromatic nitrogens is 3. The van der Waals surface area contributed by atoms with E-state index in [1.807, 2.05) is 45.9 Å². The molecule has 0 fully saturated rings. The molecular weight excluding hydrogens is 288 g/mol. The van der Waals surface area contributed by atoms with Crippen LogP contribution in [-0.2, 0) is 0 Å². The lowest BCUT2D eigenvalue weighted by atomic mass is 10.2. The fourth-order valence-electron chi connectivity index (χ4n) is 1.88. The summed E-state index contributed by atoms with van der Waals surface area (Å²) in [6, 6.07) is 5.63. The Kier molecular flexibility index (Phi) is 4.63. The molecule has 0 aliphatic heterocycles. The second kappa shape index (κ2) is 6.26. The van der Waals surface area contributed by atoms with Crippen molar-refractivity contribution in [3.63, 3.8) is 0 Å². The monoisotopic (exact) mass is 306 g/mol. The van der Waals surface area contributed by atoms with Crippen LogP contribution < -0.4 is 5.32 Å². The lowest BCUT2D eigenvalue weighted by molar-refractivity contribution is 0.0943. The smallest absolute Gasteiger partial charge is 0.273 e. The standard InChI is InChI=1S/C15H19ClN4O/c1-9(2)8-17-15(21)14-11(4)20(19-18-14)12-6-5-10(3)13(16)7-12/h5-7,9H,8H2,1-4H3,(H,17,21). The average Bonchev–Trinajstić information content (AvgIpc) is 2.81. The van der Waals surface area contributed by atoms with Crippen LogP contribution in [0.15, 0.2) is 18.2 Å². The van der Waals surface area contributed by atoms with Gasteiger partial charge in [0.2, 0.25) is 0 Å². The van der Waals surface area contributed by atoms with Gasteiger partial charge in [0.15, 0.2) is 5.69 Å². The number of rotatable bonds is 4. The number of benzene rings is 1. The summed E-state index contributed by atoms with van der Waals surface area (Å²) < 4.78 is 1.62. The van der Waals surface area contributed by atoms with Crippen molar-refractivity contribution >= 4 is 17.5 Å². The molecule has 1 aromatic heterocycles. The van der Waals surface area contributed by atoms with Crippen LogP contribution in [0.3, 0.4) is 0 Å². The first kappa shape index (κ1) is 15.5. The number of nitrogens with one attached hydrogen (secondary N) is 1. The summed E-state index contributed by atoms with van der Waals surface area (Å²) in [5, 5.41) is 11.5. The second-order valence-corrected chi connectivity index (χ2v) is 5.88. The molecular formula is C15H19ClN4O. The van der Waals surface area contributed by atoms with Gasteiger partial charge in [0.1, 0.15) is 0 Å². The number of nitrogens with zero attached hydrogens (tertiary/aromatic N) is 3. The van der Waals surface area contributed by atoms with Crippen LogP contribution in [0.25, 0.3) is 5.69 Å². The van der Waals surface area contributed by atoms with E-state index in [2.05, 4.69) is 15.6 Å². The van der Waals surface area contributed by atoms with E-state index >= 15 is 0 Å². The van der Waals surface area contributed by atoms with Crippen molar-refractivity contribution in [2.24, 2.45) is 5.92 Å². The van der Waals surface area contributed by atoms with Crippen LogP contribution in [0.2, 0.25) is 5.02 Å². The molecule has 1 heterocycles. The first-order valence-electron chi connectivity index (χ1n) is 6.87. The summed E-state index contributed by atoms with van der Waals surface area (Å²) in [6.45, 7) is 8.45. The fraction of sp³-hybridized carbons (Fsp3) is 0.400. The van der Waals surface area contributed by atoms with E-state index < -0.39 is 0 Å². The van der Waals surface area contributed by atoms with Gasteiger partial charge in [-0.1, -0.05) is 36.7 Å². The topological polar surface area (TPSA) is 59.8 Å². The highest BCUT2D eigenvalue weighted by Gasteiger charge is 2.17. The minimum atomic E-state index is -0.203. The van der Waals surface area contributed by atoms with Crippen molar-refractivity contribution in [2.45, 2.75) is 27.7 Å². The third kappa shape index (κ3) is 3.42. The van der Waals surface area contributed by atoms with Crippen molar-refractivity contribution in [2.75, 3.05) is 6.54 Å². The lowest BCUT2D eigenvalue weighted by Crippen LogP contribution is -2.28. The van der Waals surface area contributed by atoms with Crippen LogP contribution in [0.1, 0.15) is 35.6 Å². The zero-order chi connectivity index (χ0) is 15.6. The van der Waals surface area contributed by atoms with Crippen molar-refractivity contribution in [1.82, 2.24) is 20.3 Å². The zero-order valence-corrected chi connectivity index (χ0v) is 13.4. The van der Waals surface area contributed by atoms with Gasteiger partial charge in [-0.05, 0) is 37.5 Å². The Hall–Kier alpha value is -1.88. The average molecular weight is 307 g/mol. The van der Waals surface area contributed by atoms with E-state index in [9.17, 15) is 4.79 Å². The molecule has 0 spiro atoms. The Morgan fingerprint density at radius 2 is 2.10 bits per heavy atom. The fourth-order valence-corrected chi connectivity index (χ4v) is 2.05. The Morgan fingerprint density at radius 3 is 2.71 bits per heavy atom. The zero-order valence-electron chi connectivity index (χ0n) is 12.6. The summed E-state index contributed by atoms with van der Waals surface area (Å²) >= 11 is 6.13. The summed E-state index contributed by atoms with van der Waals surface area (Å²) in [7, 11) is 0. The van der Waals surface area contributed by atoms with Gasteiger partial charge >= 0.3 is 0 Å². The molecule has 2 aromatic rings. The molecule has 1 amide bonds. The summed E-state index contributed by atoms with van der Waals surface area (Å²) in [4.78, 5) is 12.1. The number of hydrogen-bond donors (Lipinski definition) is 1. The number of amides is 1. The summed E-state index contributed by atoms with van der Waals surface area (Å²) in [5.74, 6) is 0.186. The summed E-state index contributed by atoms with van der Waals surface area (Å²) in [6.07, 6.45) is 0. The molecule has 0 radical (unpaired) electrons. The van der Waals surface area contributed by atoms with Gasteiger partial charge in [0, 0.05) is 11.6 Å². The van der Waals surface area contributed by atoms with Gasteiger partial charge < -0.3 is 5.32 Å². The van der Waals surface area contributed by atoms with Gasteiger partial charge in [-0.15, -0.1) is 5.10 Å². The second-order valence-electron chi connectivity index (χ2n) is 5.47. The molecule has 0 aliphatic carbocycles. The van der Waals surface area contributed by atoms with E-state index in [-0.39, 0.29) is 5.91 Å². The SMILES string of the molecule is Cc1ccc(-n2nnc(C(=O)NCC(C)C)c2C)cc1Cl. The van der Waals surface area contributed by atoms with Crippen molar-refractivity contribution in [3.05, 3.63) is 40.2 Å². The highest BCUT2D eigenvalue weighted by atomic mass is 35.5. The molecule has 6 heteroatoms. The molecule has 0 aliphatic rings. The third-order valence-corrected chi connectivity index (χ3v) is 3.59. The number of hydrogen-bond acceptors (Lipinski definition) is 3. The lowest BCUT2D eigenvalue weighted by Gasteiger charge is -2.07. The number of carbonyl (C=O) groups is 1. The maximum absolute atomic E-state index is 12.1. The van der Waals surface area contributed by atoms with Gasteiger partial charge in [0.05, 0.1) is 11.4 Å². The Morgan fingerprint density at radius 1 is 1.38 bits per heavy atom. The molecule has 0 saturated carbocycles. The maximum atomic E-state index is 12.1. The van der Waals surface area contributed by atoms with Gasteiger partial charge in [-0.2, -0.15) is 0 Å². The maximum Gasteiger partial charge on any atom is 0.273 e. The highest BCUT2D eigenvalue weighted by Crippen LogP contribution is 2.20. The molecule has 5 nitrogen and oxygen atoms in total. The van der Waals surface area contributed by atoms with Gasteiger partial charge in [0.25, 0.3) is 5.91 Å². The highest BCUT2D eigenvalue weighted by molar-refractivity contribution is 6.31. The molecule has 0 saturated heterocycles. The largest absolute Gasteiger partial charge is 0.350 e. The van der Waals surface area contributed by atoms with Gasteiger partial charge in [-0.25, -0.2) is 4.68 Å². The third-order valence-electron chi connectivity index (χ3n) is 3.18. The van der Waals surface area contributed by atoms with Crippen LogP contribution in [0.5, 0.6) is 0 Å². The molecule has 2 rings (SSSR count). The number of carbonyl (C=O) groups excluding carboxylic acids is 1. The van der Waals surface area contributed by atoms with Gasteiger partial charge in [-0.3, -0.25) is 4.79 Å². The molecule has 0 unspecified atom stereocenters. The van der Waals surface area contributed by atoms with E-state index in [0.29, 0.717) is 28.9 Å². The molecule has 0 atom stereocenters. The van der Waals surface area contributed by atoms with Crippen LogP contribution in [-0.4, -0.2) is 27.4 Å². The predicted octanol–water partition coefficient (Wildman–Crippen LogP) is 2.92. The minimum Gasteiger partial charge on any atom is -0.350 e. The van der Waals surface area contributed by atoms with Crippen molar-refractivity contribution in [1.29, 1.82) is 0 Å². The molecule has 0 bridgehead atoms. The predicted molar refractivity (Wildman–Crippen MR) is 83.0 cm³/mol. The first-order chi connectivity index (χ1) is 9.90. The molecule has 1 aromatic carbocycles. The van der Waals surface area contributed by atoms with Crippen LogP contribution in [0.4, 0.5) is 0 Å². The molecule has 21 heavy (non-hydrogen) atoms. The minimum absolute atomic E-state index is 0.203. The van der Waals surface area contributed by atoms with Crippen molar-refractivity contribution < 1.29 is 4.79 Å². The quantitative estimate of drug-likeness (QED) is 0.945. The Bertz CT molecular complexity index is 664. The van der Waals surface area contributed by atoms with Crippen LogP contribution >= 0.6 is 11.6 Å².